The molecule has 3 aliphatic rings. The average molecular weight is 653 g/mol. The number of sulfonamides is 1. The summed E-state index contributed by atoms with van der Waals surface area (Å²) in [5, 5.41) is 0.318. The predicted octanol–water partition coefficient (Wildman–Crippen LogP) is 3.84. The van der Waals surface area contributed by atoms with Crippen molar-refractivity contribution in [3.8, 4) is 22.8 Å². The molecule has 1 aliphatic carbocycles. The molecular formula is C31H37ClN8O4S. The van der Waals surface area contributed by atoms with Crippen LogP contribution in [0.5, 0.6) is 11.5 Å². The fourth-order valence-corrected chi connectivity index (χ4v) is 8.02. The Bertz CT molecular complexity index is 1780. The molecule has 12 nitrogen and oxygen atoms in total. The number of nitrogens with one attached hydrogen (secondary N) is 1. The van der Waals surface area contributed by atoms with Crippen molar-refractivity contribution in [2.24, 2.45) is 0 Å². The highest BCUT2D eigenvalue weighted by Gasteiger charge is 2.37. The summed E-state index contributed by atoms with van der Waals surface area (Å²) in [6, 6.07) is 7.81. The number of aromatic nitrogens is 4. The Morgan fingerprint density at radius 2 is 1.51 bits per heavy atom. The van der Waals surface area contributed by atoms with E-state index in [0.29, 0.717) is 22.5 Å². The zero-order valence-corrected chi connectivity index (χ0v) is 27.0. The first-order valence-electron chi connectivity index (χ1n) is 15.3. The lowest BCUT2D eigenvalue weighted by Crippen LogP contribution is -2.47. The van der Waals surface area contributed by atoms with Crippen LogP contribution in [0.4, 0.5) is 17.3 Å². The Balaban J connectivity index is 0.959. The number of piperidine rings is 1. The van der Waals surface area contributed by atoms with Crippen LogP contribution in [0, 0.1) is 0 Å². The summed E-state index contributed by atoms with van der Waals surface area (Å²) in [6.45, 7) is 4.89. The van der Waals surface area contributed by atoms with Gasteiger partial charge in [0.1, 0.15) is 17.1 Å². The molecule has 7 rings (SSSR count). The summed E-state index contributed by atoms with van der Waals surface area (Å²) in [7, 11) is 0.0405. The van der Waals surface area contributed by atoms with Crippen molar-refractivity contribution in [2.75, 3.05) is 68.2 Å². The van der Waals surface area contributed by atoms with Crippen LogP contribution < -0.4 is 28.9 Å². The molecule has 45 heavy (non-hydrogen) atoms. The maximum atomic E-state index is 12.3. The number of anilines is 3. The zero-order valence-electron chi connectivity index (χ0n) is 25.4. The van der Waals surface area contributed by atoms with E-state index >= 15 is 0 Å². The van der Waals surface area contributed by atoms with E-state index < -0.39 is 10.0 Å². The second-order valence-electron chi connectivity index (χ2n) is 11.8. The van der Waals surface area contributed by atoms with Gasteiger partial charge in [-0.05, 0) is 37.8 Å². The highest BCUT2D eigenvalue weighted by molar-refractivity contribution is 7.90. The highest BCUT2D eigenvalue weighted by Crippen LogP contribution is 2.38. The molecule has 1 saturated carbocycles. The standard InChI is InChI=1S/C31H37ClN8O4S/c1-43-28-17-29(44-2)26(32)16-25(28)27-20-40-10-7-22(15-30(40)35-27)37-11-13-38(14-12-37)23-18-33-31(34-19-23)39-8-5-21(6-9-39)36-45(41,42)24-3-4-24/h7,10,15-21,24,36H,3-6,8-9,11-14H2,1-2H3. The predicted molar refractivity (Wildman–Crippen MR) is 176 cm³/mol. The van der Waals surface area contributed by atoms with Gasteiger partial charge in [-0.25, -0.2) is 28.1 Å². The number of fused-ring (bicyclic) bond motifs is 1. The molecule has 1 aromatic carbocycles. The summed E-state index contributed by atoms with van der Waals surface area (Å²) in [6.07, 6.45) is 10.9. The van der Waals surface area contributed by atoms with Crippen LogP contribution in [0.25, 0.3) is 16.9 Å². The molecule has 2 aliphatic heterocycles. The number of pyridine rings is 1. The van der Waals surface area contributed by atoms with Gasteiger partial charge in [0.25, 0.3) is 0 Å². The fourth-order valence-electron chi connectivity index (χ4n) is 6.13. The first-order valence-corrected chi connectivity index (χ1v) is 17.2. The molecule has 3 fully saturated rings. The minimum absolute atomic E-state index is 0.00485. The molecular weight excluding hydrogens is 616 g/mol. The topological polar surface area (TPSA) is 117 Å². The minimum Gasteiger partial charge on any atom is -0.496 e. The number of piperazine rings is 1. The van der Waals surface area contributed by atoms with Crippen LogP contribution in [-0.2, 0) is 10.0 Å². The summed E-state index contributed by atoms with van der Waals surface area (Å²) in [4.78, 5) is 21.0. The normalized spacial score (nSPS) is 18.1. The Morgan fingerprint density at radius 1 is 0.844 bits per heavy atom. The molecule has 14 heteroatoms. The van der Waals surface area contributed by atoms with E-state index in [1.165, 1.54) is 0 Å². The van der Waals surface area contributed by atoms with Gasteiger partial charge < -0.3 is 28.6 Å². The maximum Gasteiger partial charge on any atom is 0.225 e. The number of imidazole rings is 1. The molecule has 0 unspecified atom stereocenters. The monoisotopic (exact) mass is 652 g/mol. The number of methoxy groups -OCH3 is 2. The first-order chi connectivity index (χ1) is 21.8. The molecule has 0 bridgehead atoms. The number of halogens is 1. The van der Waals surface area contributed by atoms with E-state index in [1.54, 1.807) is 20.3 Å². The van der Waals surface area contributed by atoms with Crippen LogP contribution in [0.15, 0.2) is 49.1 Å². The third kappa shape index (κ3) is 6.21. The largest absolute Gasteiger partial charge is 0.496 e. The van der Waals surface area contributed by atoms with Crippen LogP contribution in [0.3, 0.4) is 0 Å². The molecule has 4 aromatic rings. The van der Waals surface area contributed by atoms with Crippen molar-refractivity contribution >= 4 is 44.6 Å². The van der Waals surface area contributed by atoms with E-state index in [-0.39, 0.29) is 11.3 Å². The molecule has 5 heterocycles. The van der Waals surface area contributed by atoms with Crippen LogP contribution in [0.2, 0.25) is 5.02 Å². The van der Waals surface area contributed by atoms with Gasteiger partial charge in [0.2, 0.25) is 16.0 Å². The number of benzene rings is 1. The molecule has 0 amide bonds. The van der Waals surface area contributed by atoms with E-state index in [4.69, 9.17) is 26.1 Å². The van der Waals surface area contributed by atoms with Crippen molar-refractivity contribution in [3.63, 3.8) is 0 Å². The van der Waals surface area contributed by atoms with Gasteiger partial charge in [0.05, 0.1) is 48.3 Å². The number of hydrogen-bond donors (Lipinski definition) is 1. The van der Waals surface area contributed by atoms with Crippen molar-refractivity contribution in [1.82, 2.24) is 24.1 Å². The number of ether oxygens (including phenoxy) is 2. The number of hydrogen-bond acceptors (Lipinski definition) is 10. The molecule has 2 saturated heterocycles. The van der Waals surface area contributed by atoms with E-state index in [0.717, 1.165) is 93.2 Å². The van der Waals surface area contributed by atoms with Gasteiger partial charge in [-0.2, -0.15) is 0 Å². The number of nitrogens with zero attached hydrogens (tertiary/aromatic N) is 7. The SMILES string of the molecule is COc1cc(OC)c(-c2cn3ccc(N4CCN(c5cnc(N6CCC(NS(=O)(=O)C7CC7)CC6)nc5)CC4)cc3n2)cc1Cl. The number of rotatable bonds is 9. The van der Waals surface area contributed by atoms with Gasteiger partial charge in [-0.15, -0.1) is 0 Å². The third-order valence-electron chi connectivity index (χ3n) is 8.90. The van der Waals surface area contributed by atoms with Crippen LogP contribution in [-0.4, -0.2) is 92.6 Å². The van der Waals surface area contributed by atoms with Gasteiger partial charge in [0.15, 0.2) is 0 Å². The van der Waals surface area contributed by atoms with E-state index in [1.807, 2.05) is 35.3 Å². The summed E-state index contributed by atoms with van der Waals surface area (Å²) < 4.78 is 40.4. The smallest absolute Gasteiger partial charge is 0.225 e. The molecule has 0 radical (unpaired) electrons. The maximum absolute atomic E-state index is 12.3. The molecule has 3 aromatic heterocycles. The second-order valence-corrected chi connectivity index (χ2v) is 14.2. The van der Waals surface area contributed by atoms with Gasteiger partial charge >= 0.3 is 0 Å². The first kappa shape index (κ1) is 29.9. The molecule has 1 N–H and O–H groups in total. The Labute approximate surface area is 268 Å². The average Bonchev–Trinajstić information content (AvgIpc) is 3.85. The van der Waals surface area contributed by atoms with Crippen molar-refractivity contribution in [1.29, 1.82) is 0 Å². The van der Waals surface area contributed by atoms with Crippen molar-refractivity contribution < 1.29 is 17.9 Å². The van der Waals surface area contributed by atoms with Gasteiger partial charge in [-0.3, -0.25) is 0 Å². The lowest BCUT2D eigenvalue weighted by atomic mass is 10.1. The zero-order chi connectivity index (χ0) is 31.1. The molecule has 0 atom stereocenters. The van der Waals surface area contributed by atoms with Gasteiger partial charge in [-0.1, -0.05) is 11.6 Å². The highest BCUT2D eigenvalue weighted by atomic mass is 35.5. The summed E-state index contributed by atoms with van der Waals surface area (Å²) in [5.41, 5.74) is 4.53. The second kappa shape index (κ2) is 12.2. The van der Waals surface area contributed by atoms with Crippen LogP contribution >= 0.6 is 11.6 Å². The summed E-state index contributed by atoms with van der Waals surface area (Å²) >= 11 is 6.41. The lowest BCUT2D eigenvalue weighted by Gasteiger charge is -2.37. The van der Waals surface area contributed by atoms with Gasteiger partial charge in [0, 0.05) is 81.1 Å². The Hall–Kier alpha value is -3.81. The fraction of sp³-hybridized carbons (Fsp3) is 0.452. The molecule has 238 valence electrons. The third-order valence-corrected chi connectivity index (χ3v) is 11.2. The quantitative estimate of drug-likeness (QED) is 0.286. The molecule has 0 spiro atoms. The van der Waals surface area contributed by atoms with Crippen molar-refractivity contribution in [2.45, 2.75) is 37.0 Å². The Morgan fingerprint density at radius 3 is 2.16 bits per heavy atom. The minimum atomic E-state index is -3.16. The van der Waals surface area contributed by atoms with E-state index in [9.17, 15) is 8.42 Å². The van der Waals surface area contributed by atoms with Crippen molar-refractivity contribution in [3.05, 3.63) is 54.1 Å². The Kier molecular flexibility index (Phi) is 8.09. The van der Waals surface area contributed by atoms with Crippen LogP contribution in [0.1, 0.15) is 25.7 Å². The lowest BCUT2D eigenvalue weighted by molar-refractivity contribution is 0.395. The van der Waals surface area contributed by atoms with E-state index in [2.05, 4.69) is 41.5 Å². The summed E-state index contributed by atoms with van der Waals surface area (Å²) in [5.74, 6) is 1.90.